The van der Waals surface area contributed by atoms with Crippen LogP contribution >= 0.6 is 11.8 Å². The number of rotatable bonds is 2. The van der Waals surface area contributed by atoms with Gasteiger partial charge in [0.1, 0.15) is 18.6 Å². The first-order valence-corrected chi connectivity index (χ1v) is 7.32. The van der Waals surface area contributed by atoms with Crippen LogP contribution in [0.2, 0.25) is 0 Å². The number of aliphatic carboxylic acids is 1. The van der Waals surface area contributed by atoms with Gasteiger partial charge in [0.05, 0.1) is 5.88 Å². The molecule has 0 saturated carbocycles. The minimum absolute atomic E-state index is 0.226. The molecule has 2 fully saturated rings. The normalized spacial score (nSPS) is 26.6. The molecule has 20 heavy (non-hydrogen) atoms. The van der Waals surface area contributed by atoms with Crippen LogP contribution in [0.15, 0.2) is 0 Å². The van der Waals surface area contributed by atoms with Gasteiger partial charge in [-0.15, -0.1) is 11.8 Å². The Bertz CT molecular complexity index is 469. The molecule has 2 rings (SSSR count). The summed E-state index contributed by atoms with van der Waals surface area (Å²) in [4.78, 5) is 49.0. The molecule has 1 unspecified atom stereocenters. The molecule has 2 heterocycles. The smallest absolute Gasteiger partial charge is 0.327 e. The Morgan fingerprint density at radius 3 is 2.70 bits per heavy atom. The van der Waals surface area contributed by atoms with Crippen molar-refractivity contribution in [1.82, 2.24) is 15.1 Å². The fourth-order valence-electron chi connectivity index (χ4n) is 2.27. The standard InChI is InChI=1S/C11H15N3O5S/c1-2-6-9(16)12-8(15)3-13(6)11(19)14-5-20-4-7(14)10(17)18/h6-7H,2-5H2,1H3,(H,17,18)(H,12,15,16)/t6?,7-/m0/s1. The SMILES string of the molecule is CCC1C(=O)NC(=O)CN1C(=O)N1CSC[C@H]1C(=O)O. The highest BCUT2D eigenvalue weighted by Gasteiger charge is 2.42. The lowest BCUT2D eigenvalue weighted by atomic mass is 10.1. The fourth-order valence-corrected chi connectivity index (χ4v) is 3.41. The number of piperazine rings is 1. The number of thioether (sulfide) groups is 1. The number of amides is 4. The Hall–Kier alpha value is -1.77. The van der Waals surface area contributed by atoms with Crippen LogP contribution in [-0.4, -0.2) is 69.0 Å². The summed E-state index contributed by atoms with van der Waals surface area (Å²) in [5.41, 5.74) is 0. The molecular formula is C11H15N3O5S. The number of carboxylic acids is 1. The lowest BCUT2D eigenvalue weighted by Gasteiger charge is -2.36. The molecule has 4 amide bonds. The van der Waals surface area contributed by atoms with E-state index in [0.717, 1.165) is 4.90 Å². The van der Waals surface area contributed by atoms with Crippen LogP contribution in [0.4, 0.5) is 4.79 Å². The van der Waals surface area contributed by atoms with E-state index in [-0.39, 0.29) is 12.4 Å². The maximum atomic E-state index is 12.4. The van der Waals surface area contributed by atoms with E-state index in [1.807, 2.05) is 0 Å². The van der Waals surface area contributed by atoms with Crippen LogP contribution in [0.5, 0.6) is 0 Å². The van der Waals surface area contributed by atoms with E-state index in [1.54, 1.807) is 6.92 Å². The van der Waals surface area contributed by atoms with Crippen molar-refractivity contribution in [3.63, 3.8) is 0 Å². The molecule has 2 atom stereocenters. The lowest BCUT2D eigenvalue weighted by molar-refractivity contribution is -0.141. The highest BCUT2D eigenvalue weighted by molar-refractivity contribution is 7.99. The van der Waals surface area contributed by atoms with Gasteiger partial charge in [-0.3, -0.25) is 14.9 Å². The Kier molecular flexibility index (Phi) is 4.17. The van der Waals surface area contributed by atoms with E-state index in [2.05, 4.69) is 5.32 Å². The molecule has 0 aromatic heterocycles. The zero-order valence-corrected chi connectivity index (χ0v) is 11.7. The molecule has 2 saturated heterocycles. The van der Waals surface area contributed by atoms with E-state index in [1.165, 1.54) is 16.7 Å². The van der Waals surface area contributed by atoms with Crippen molar-refractivity contribution < 1.29 is 24.3 Å². The van der Waals surface area contributed by atoms with Gasteiger partial charge in [-0.1, -0.05) is 6.92 Å². The average Bonchev–Trinajstić information content (AvgIpc) is 2.86. The molecule has 0 spiro atoms. The van der Waals surface area contributed by atoms with E-state index in [4.69, 9.17) is 5.11 Å². The van der Waals surface area contributed by atoms with Gasteiger partial charge in [0.2, 0.25) is 11.8 Å². The third-order valence-corrected chi connectivity index (χ3v) is 4.31. The first-order valence-electron chi connectivity index (χ1n) is 6.17. The number of urea groups is 1. The van der Waals surface area contributed by atoms with Crippen molar-refractivity contribution in [3.8, 4) is 0 Å². The molecule has 2 aliphatic rings. The number of nitrogens with one attached hydrogen (secondary N) is 1. The van der Waals surface area contributed by atoms with E-state index < -0.39 is 35.9 Å². The predicted molar refractivity (Wildman–Crippen MR) is 69.9 cm³/mol. The summed E-state index contributed by atoms with van der Waals surface area (Å²) in [5.74, 6) is -1.59. The highest BCUT2D eigenvalue weighted by Crippen LogP contribution is 2.24. The van der Waals surface area contributed by atoms with Crippen LogP contribution < -0.4 is 5.32 Å². The number of imide groups is 1. The molecule has 0 aromatic carbocycles. The largest absolute Gasteiger partial charge is 0.480 e. The zero-order valence-electron chi connectivity index (χ0n) is 10.9. The van der Waals surface area contributed by atoms with Crippen molar-refractivity contribution in [3.05, 3.63) is 0 Å². The van der Waals surface area contributed by atoms with Gasteiger partial charge in [0, 0.05) is 5.75 Å². The molecule has 110 valence electrons. The second-order valence-electron chi connectivity index (χ2n) is 4.57. The maximum absolute atomic E-state index is 12.4. The fraction of sp³-hybridized carbons (Fsp3) is 0.636. The van der Waals surface area contributed by atoms with Gasteiger partial charge in [0.15, 0.2) is 0 Å². The summed E-state index contributed by atoms with van der Waals surface area (Å²) < 4.78 is 0. The quantitative estimate of drug-likeness (QED) is 0.653. The number of carbonyl (C=O) groups excluding carboxylic acids is 3. The van der Waals surface area contributed by atoms with E-state index >= 15 is 0 Å². The zero-order chi connectivity index (χ0) is 14.9. The van der Waals surface area contributed by atoms with Crippen LogP contribution in [0.1, 0.15) is 13.3 Å². The topological polar surface area (TPSA) is 107 Å². The Morgan fingerprint density at radius 1 is 1.40 bits per heavy atom. The molecule has 0 aromatic rings. The molecule has 2 aliphatic heterocycles. The third kappa shape index (κ3) is 2.58. The third-order valence-electron chi connectivity index (χ3n) is 3.30. The summed E-state index contributed by atoms with van der Waals surface area (Å²) in [6, 6.07) is -2.22. The van der Waals surface area contributed by atoms with Gasteiger partial charge in [0.25, 0.3) is 0 Å². The Morgan fingerprint density at radius 2 is 2.10 bits per heavy atom. The van der Waals surface area contributed by atoms with Gasteiger partial charge < -0.3 is 14.9 Å². The summed E-state index contributed by atoms with van der Waals surface area (Å²) in [5, 5.41) is 11.3. The second-order valence-corrected chi connectivity index (χ2v) is 5.57. The molecule has 8 nitrogen and oxygen atoms in total. The molecule has 0 aliphatic carbocycles. The highest BCUT2D eigenvalue weighted by atomic mass is 32.2. The van der Waals surface area contributed by atoms with Crippen LogP contribution in [0, 0.1) is 0 Å². The van der Waals surface area contributed by atoms with Crippen molar-refractivity contribution in [2.75, 3.05) is 18.2 Å². The number of nitrogens with zero attached hydrogens (tertiary/aromatic N) is 2. The van der Waals surface area contributed by atoms with Gasteiger partial charge >= 0.3 is 12.0 Å². The number of hydrogen-bond acceptors (Lipinski definition) is 5. The van der Waals surface area contributed by atoms with Crippen molar-refractivity contribution in [1.29, 1.82) is 0 Å². The molecule has 9 heteroatoms. The molecule has 2 N–H and O–H groups in total. The van der Waals surface area contributed by atoms with Crippen molar-refractivity contribution in [2.24, 2.45) is 0 Å². The summed E-state index contributed by atoms with van der Waals surface area (Å²) in [7, 11) is 0. The summed E-state index contributed by atoms with van der Waals surface area (Å²) in [6.07, 6.45) is 0.365. The number of carboxylic acid groups (broad SMARTS) is 1. The van der Waals surface area contributed by atoms with Gasteiger partial charge in [-0.2, -0.15) is 0 Å². The van der Waals surface area contributed by atoms with Gasteiger partial charge in [-0.05, 0) is 6.42 Å². The van der Waals surface area contributed by atoms with Crippen molar-refractivity contribution in [2.45, 2.75) is 25.4 Å². The minimum Gasteiger partial charge on any atom is -0.480 e. The summed E-state index contributed by atoms with van der Waals surface area (Å²) in [6.45, 7) is 1.50. The first-order chi connectivity index (χ1) is 9.45. The number of carbonyl (C=O) groups is 4. The van der Waals surface area contributed by atoms with Crippen LogP contribution in [0.3, 0.4) is 0 Å². The first kappa shape index (κ1) is 14.6. The maximum Gasteiger partial charge on any atom is 0.327 e. The van der Waals surface area contributed by atoms with Crippen molar-refractivity contribution >= 4 is 35.6 Å². The summed E-state index contributed by atoms with van der Waals surface area (Å²) >= 11 is 1.33. The van der Waals surface area contributed by atoms with Crippen LogP contribution in [-0.2, 0) is 14.4 Å². The predicted octanol–water partition coefficient (Wildman–Crippen LogP) is -0.697. The average molecular weight is 301 g/mol. The van der Waals surface area contributed by atoms with Crippen LogP contribution in [0.25, 0.3) is 0 Å². The Labute approximate surface area is 119 Å². The van der Waals surface area contributed by atoms with E-state index in [0.29, 0.717) is 12.2 Å². The second kappa shape index (κ2) is 5.70. The Balaban J connectivity index is 2.19. The monoisotopic (exact) mass is 301 g/mol. The van der Waals surface area contributed by atoms with Gasteiger partial charge in [-0.25, -0.2) is 9.59 Å². The lowest BCUT2D eigenvalue weighted by Crippen LogP contribution is -2.62. The molecule has 0 radical (unpaired) electrons. The number of hydrogen-bond donors (Lipinski definition) is 2. The molecular weight excluding hydrogens is 286 g/mol. The minimum atomic E-state index is -1.08. The van der Waals surface area contributed by atoms with E-state index in [9.17, 15) is 19.2 Å². The molecule has 0 bridgehead atoms.